The average molecular weight is 433 g/mol. The number of carbonyl (C=O) groups is 1. The summed E-state index contributed by atoms with van der Waals surface area (Å²) in [5.74, 6) is 0.457. The van der Waals surface area contributed by atoms with Crippen LogP contribution in [0, 0.1) is 11.3 Å². The minimum absolute atomic E-state index is 0.0428. The second-order valence-electron chi connectivity index (χ2n) is 9.07. The molecular weight excluding hydrogens is 404 g/mol. The van der Waals surface area contributed by atoms with Crippen molar-refractivity contribution in [1.82, 2.24) is 19.9 Å². The summed E-state index contributed by atoms with van der Waals surface area (Å²) in [5.41, 5.74) is 1.73. The van der Waals surface area contributed by atoms with Gasteiger partial charge in [0.2, 0.25) is 0 Å². The van der Waals surface area contributed by atoms with Gasteiger partial charge in [-0.15, -0.1) is 0 Å². The number of amides is 1. The molecule has 3 N–H and O–H groups in total. The number of pyridine rings is 2. The predicted octanol–water partition coefficient (Wildman–Crippen LogP) is 3.54. The summed E-state index contributed by atoms with van der Waals surface area (Å²) >= 11 is 0. The lowest BCUT2D eigenvalue weighted by atomic mass is 9.83. The number of nitrogens with zero attached hydrogens (tertiary/aromatic N) is 4. The van der Waals surface area contributed by atoms with E-state index in [1.165, 1.54) is 6.20 Å². The molecule has 1 aliphatic rings. The lowest BCUT2D eigenvalue weighted by molar-refractivity contribution is 0.0140. The third-order valence-corrected chi connectivity index (χ3v) is 5.88. The Kier molecular flexibility index (Phi) is 5.85. The molecule has 1 saturated carbocycles. The van der Waals surface area contributed by atoms with Crippen molar-refractivity contribution in [3.8, 4) is 11.9 Å². The molecule has 0 unspecified atom stereocenters. The zero-order valence-electron chi connectivity index (χ0n) is 18.6. The molecule has 3 aromatic heterocycles. The molecule has 0 radical (unpaired) electrons. The van der Waals surface area contributed by atoms with E-state index in [9.17, 15) is 9.90 Å². The fraction of sp³-hybridized carbons (Fsp3) is 0.417. The number of hydrogen-bond donors (Lipinski definition) is 3. The van der Waals surface area contributed by atoms with Crippen molar-refractivity contribution in [2.24, 2.45) is 0 Å². The fourth-order valence-corrected chi connectivity index (χ4v) is 4.10. The fourth-order valence-electron chi connectivity index (χ4n) is 4.10. The SMILES string of the molecule is CC(C)Nc1cc(-n2ccc3cc(C#N)cnc32)ncc1C(=O)N[C@H]1CC[C@@](C)(O)CC1. The van der Waals surface area contributed by atoms with Crippen LogP contribution in [-0.2, 0) is 0 Å². The number of hydrogen-bond acceptors (Lipinski definition) is 6. The van der Waals surface area contributed by atoms with Crippen LogP contribution in [-0.4, -0.2) is 43.2 Å². The molecule has 3 heterocycles. The molecule has 3 aromatic rings. The molecule has 0 spiro atoms. The zero-order chi connectivity index (χ0) is 22.9. The van der Waals surface area contributed by atoms with Crippen molar-refractivity contribution >= 4 is 22.6 Å². The van der Waals surface area contributed by atoms with Crippen molar-refractivity contribution in [3.05, 3.63) is 47.9 Å². The van der Waals surface area contributed by atoms with Gasteiger partial charge in [0.05, 0.1) is 22.4 Å². The number of nitriles is 1. The molecular formula is C24H28N6O2. The van der Waals surface area contributed by atoms with Gasteiger partial charge >= 0.3 is 0 Å². The molecule has 1 aliphatic carbocycles. The Morgan fingerprint density at radius 3 is 2.72 bits per heavy atom. The monoisotopic (exact) mass is 432 g/mol. The van der Waals surface area contributed by atoms with Crippen LogP contribution < -0.4 is 10.6 Å². The molecule has 32 heavy (non-hydrogen) atoms. The minimum atomic E-state index is -0.642. The second-order valence-corrected chi connectivity index (χ2v) is 9.07. The average Bonchev–Trinajstić information content (AvgIpc) is 3.18. The van der Waals surface area contributed by atoms with Gasteiger partial charge in [0.1, 0.15) is 17.5 Å². The standard InChI is InChI=1S/C24H28N6O2/c1-15(2)28-20-11-21(30-9-6-17-10-16(12-25)13-27-22(17)30)26-14-19(20)23(31)29-18-4-7-24(3,32)8-5-18/h6,9-11,13-15,18,32H,4-5,7-8H2,1-3H3,(H,26,28)(H,29,31)/t18-,24+. The Hall–Kier alpha value is -3.44. The molecule has 0 bridgehead atoms. The predicted molar refractivity (Wildman–Crippen MR) is 123 cm³/mol. The highest BCUT2D eigenvalue weighted by Gasteiger charge is 2.30. The first-order valence-corrected chi connectivity index (χ1v) is 10.9. The van der Waals surface area contributed by atoms with Crippen LogP contribution in [0.1, 0.15) is 62.4 Å². The number of carbonyl (C=O) groups excluding carboxylic acids is 1. The van der Waals surface area contributed by atoms with Gasteiger partial charge in [-0.05, 0) is 58.6 Å². The quantitative estimate of drug-likeness (QED) is 0.568. The summed E-state index contributed by atoms with van der Waals surface area (Å²) < 4.78 is 1.84. The molecule has 4 rings (SSSR count). The van der Waals surface area contributed by atoms with Gasteiger partial charge < -0.3 is 15.7 Å². The molecule has 0 atom stereocenters. The topological polar surface area (TPSA) is 116 Å². The smallest absolute Gasteiger partial charge is 0.255 e. The minimum Gasteiger partial charge on any atom is -0.390 e. The number of aliphatic hydroxyl groups is 1. The molecule has 0 saturated heterocycles. The summed E-state index contributed by atoms with van der Waals surface area (Å²) in [6, 6.07) is 7.79. The molecule has 1 amide bonds. The Bertz CT molecular complexity index is 1180. The summed E-state index contributed by atoms with van der Waals surface area (Å²) in [6.45, 7) is 5.88. The highest BCUT2D eigenvalue weighted by Crippen LogP contribution is 2.28. The summed E-state index contributed by atoms with van der Waals surface area (Å²) in [5, 5.41) is 26.6. The number of fused-ring (bicyclic) bond motifs is 1. The van der Waals surface area contributed by atoms with Gasteiger partial charge in [0.25, 0.3) is 5.91 Å². The van der Waals surface area contributed by atoms with Crippen LogP contribution in [0.15, 0.2) is 36.8 Å². The second kappa shape index (κ2) is 8.60. The number of anilines is 1. The van der Waals surface area contributed by atoms with Gasteiger partial charge in [-0.2, -0.15) is 5.26 Å². The van der Waals surface area contributed by atoms with E-state index in [4.69, 9.17) is 5.26 Å². The third kappa shape index (κ3) is 4.58. The van der Waals surface area contributed by atoms with Crippen LogP contribution in [0.3, 0.4) is 0 Å². The van der Waals surface area contributed by atoms with Gasteiger partial charge in [0, 0.05) is 42.1 Å². The molecule has 8 heteroatoms. The van der Waals surface area contributed by atoms with Crippen LogP contribution in [0.4, 0.5) is 5.69 Å². The van der Waals surface area contributed by atoms with Crippen molar-refractivity contribution in [1.29, 1.82) is 5.26 Å². The Morgan fingerprint density at radius 1 is 1.28 bits per heavy atom. The van der Waals surface area contributed by atoms with Crippen LogP contribution in [0.2, 0.25) is 0 Å². The molecule has 1 fully saturated rings. The van der Waals surface area contributed by atoms with Crippen molar-refractivity contribution < 1.29 is 9.90 Å². The lowest BCUT2D eigenvalue weighted by Gasteiger charge is -2.33. The Balaban J connectivity index is 1.62. The maximum absolute atomic E-state index is 13.1. The highest BCUT2D eigenvalue weighted by atomic mass is 16.3. The first kappa shape index (κ1) is 21.8. The van der Waals surface area contributed by atoms with E-state index in [2.05, 4.69) is 26.7 Å². The van der Waals surface area contributed by atoms with Gasteiger partial charge in [0.15, 0.2) is 0 Å². The number of aromatic nitrogens is 3. The Labute approximate surface area is 187 Å². The van der Waals surface area contributed by atoms with Crippen LogP contribution in [0.5, 0.6) is 0 Å². The van der Waals surface area contributed by atoms with E-state index in [0.717, 1.165) is 18.2 Å². The van der Waals surface area contributed by atoms with Gasteiger partial charge in [-0.3, -0.25) is 9.36 Å². The maximum atomic E-state index is 13.1. The summed E-state index contributed by atoms with van der Waals surface area (Å²) in [6.07, 6.45) is 7.83. The first-order chi connectivity index (χ1) is 15.3. The Morgan fingerprint density at radius 2 is 2.03 bits per heavy atom. The van der Waals surface area contributed by atoms with Crippen LogP contribution in [0.25, 0.3) is 16.9 Å². The van der Waals surface area contributed by atoms with Gasteiger partial charge in [-0.1, -0.05) is 0 Å². The molecule has 0 aromatic carbocycles. The van der Waals surface area contributed by atoms with E-state index in [1.807, 2.05) is 43.7 Å². The van der Waals surface area contributed by atoms with E-state index >= 15 is 0 Å². The summed E-state index contributed by atoms with van der Waals surface area (Å²) in [7, 11) is 0. The number of nitrogens with one attached hydrogen (secondary N) is 2. The first-order valence-electron chi connectivity index (χ1n) is 10.9. The van der Waals surface area contributed by atoms with Crippen molar-refractivity contribution in [2.75, 3.05) is 5.32 Å². The highest BCUT2D eigenvalue weighted by molar-refractivity contribution is 5.99. The number of rotatable bonds is 5. The van der Waals surface area contributed by atoms with E-state index in [-0.39, 0.29) is 18.0 Å². The largest absolute Gasteiger partial charge is 0.390 e. The van der Waals surface area contributed by atoms with Gasteiger partial charge in [-0.25, -0.2) is 9.97 Å². The van der Waals surface area contributed by atoms with Crippen LogP contribution >= 0.6 is 0 Å². The summed E-state index contributed by atoms with van der Waals surface area (Å²) in [4.78, 5) is 22.0. The molecule has 0 aliphatic heterocycles. The molecule has 166 valence electrons. The lowest BCUT2D eigenvalue weighted by Crippen LogP contribution is -2.42. The third-order valence-electron chi connectivity index (χ3n) is 5.88. The molecule has 8 nitrogen and oxygen atoms in total. The van der Waals surface area contributed by atoms with Crippen molar-refractivity contribution in [2.45, 2.75) is 64.1 Å². The van der Waals surface area contributed by atoms with E-state index in [0.29, 0.717) is 41.1 Å². The normalized spacial score (nSPS) is 20.8. The van der Waals surface area contributed by atoms with Crippen molar-refractivity contribution in [3.63, 3.8) is 0 Å². The maximum Gasteiger partial charge on any atom is 0.255 e. The zero-order valence-corrected chi connectivity index (χ0v) is 18.6. The van der Waals surface area contributed by atoms with E-state index < -0.39 is 5.60 Å². The van der Waals surface area contributed by atoms with E-state index in [1.54, 1.807) is 12.3 Å².